The Morgan fingerprint density at radius 3 is 2.09 bits per heavy atom. The Morgan fingerprint density at radius 2 is 1.47 bits per heavy atom. The van der Waals surface area contributed by atoms with E-state index in [-0.39, 0.29) is 34.4 Å². The Morgan fingerprint density at radius 1 is 0.868 bits per heavy atom. The van der Waals surface area contributed by atoms with Crippen LogP contribution in [-0.2, 0) is 32.3 Å². The Hall–Kier alpha value is -4.23. The molecule has 2 aliphatic heterocycles. The lowest BCUT2D eigenvalue weighted by molar-refractivity contribution is -0.823. The average Bonchev–Trinajstić information content (AvgIpc) is 3.76. The number of hydrogen-bond donors (Lipinski definition) is 2. The van der Waals surface area contributed by atoms with Crippen molar-refractivity contribution in [2.45, 2.75) is 37.5 Å². The second-order valence-electron chi connectivity index (χ2n) is 13.7. The molecule has 0 amide bonds. The van der Waals surface area contributed by atoms with Gasteiger partial charge in [-0.15, -0.1) is 0 Å². The van der Waals surface area contributed by atoms with Gasteiger partial charge in [-0.2, -0.15) is 0 Å². The summed E-state index contributed by atoms with van der Waals surface area (Å²) in [5.41, 5.74) is 5.53. The number of carboxylic acid groups (broad SMARTS) is 1. The lowest BCUT2D eigenvalue weighted by atomic mass is 9.97. The lowest BCUT2D eigenvalue weighted by Gasteiger charge is -2.40. The van der Waals surface area contributed by atoms with Crippen LogP contribution in [0.15, 0.2) is 109 Å². The van der Waals surface area contributed by atoms with Crippen LogP contribution in [0.1, 0.15) is 51.6 Å². The van der Waals surface area contributed by atoms with Gasteiger partial charge in [-0.3, -0.25) is 0 Å². The van der Waals surface area contributed by atoms with Gasteiger partial charge in [0.1, 0.15) is 31.1 Å². The minimum absolute atomic E-state index is 0.0910. The van der Waals surface area contributed by atoms with Gasteiger partial charge in [0.25, 0.3) is 0 Å². The van der Waals surface area contributed by atoms with Crippen molar-refractivity contribution < 1.29 is 36.5 Å². The van der Waals surface area contributed by atoms with Crippen molar-refractivity contribution in [3.63, 3.8) is 0 Å². The summed E-state index contributed by atoms with van der Waals surface area (Å²) >= 11 is 6.92. The van der Waals surface area contributed by atoms with Crippen molar-refractivity contribution in [2.24, 2.45) is 0 Å². The number of benzene rings is 4. The molecule has 2 fully saturated rings. The fourth-order valence-corrected chi connectivity index (χ4v) is 9.13. The van der Waals surface area contributed by atoms with Crippen LogP contribution >= 0.6 is 11.8 Å². The maximum Gasteiger partial charge on any atom is 0.335 e. The monoisotopic (exact) mass is 758 g/mol. The standard InChI is InChI=1S/C41H44ClN3O7S/c42-45(24-21-41(22-25-45)51-28-29-52-41)26-30-53(48,49)43-23-19-38-36(20-27-50-34-17-15-33(16-18-34)40(46)47)35-13-7-8-14-37(35)44(38)39(31-9-3-1-4-10-31)32-11-5-2-6-12-32/h1-18,39,43H,19-30H2/p+1. The normalized spacial score (nSPS) is 16.7. The molecule has 2 aliphatic rings. The Bertz CT molecular complexity index is 2070. The van der Waals surface area contributed by atoms with E-state index < -0.39 is 21.8 Å². The van der Waals surface area contributed by atoms with Crippen LogP contribution in [0.3, 0.4) is 0 Å². The molecule has 5 aromatic rings. The molecule has 53 heavy (non-hydrogen) atoms. The summed E-state index contributed by atoms with van der Waals surface area (Å²) in [5.74, 6) is -1.08. The molecular formula is C41H45ClN3O7S+. The first-order chi connectivity index (χ1) is 25.6. The number of carboxylic acids is 1. The van der Waals surface area contributed by atoms with E-state index >= 15 is 0 Å². The van der Waals surface area contributed by atoms with E-state index in [1.807, 2.05) is 48.5 Å². The highest BCUT2D eigenvalue weighted by Gasteiger charge is 2.46. The highest BCUT2D eigenvalue weighted by atomic mass is 35.5. The van der Waals surface area contributed by atoms with Crippen molar-refractivity contribution in [3.05, 3.63) is 137 Å². The molecule has 12 heteroatoms. The number of rotatable bonds is 15. The molecule has 0 radical (unpaired) electrons. The predicted octanol–water partition coefficient (Wildman–Crippen LogP) is 6.57. The molecule has 0 atom stereocenters. The summed E-state index contributed by atoms with van der Waals surface area (Å²) in [6, 6.07) is 35.1. The zero-order chi connectivity index (χ0) is 36.9. The van der Waals surface area contributed by atoms with E-state index in [1.54, 1.807) is 12.1 Å². The van der Waals surface area contributed by atoms with Crippen molar-refractivity contribution >= 4 is 38.7 Å². The van der Waals surface area contributed by atoms with Crippen LogP contribution in [-0.4, -0.2) is 85.6 Å². The first-order valence-corrected chi connectivity index (χ1v) is 20.1. The number of fused-ring (bicyclic) bond motifs is 1. The van der Waals surface area contributed by atoms with Gasteiger partial charge in [0.2, 0.25) is 10.0 Å². The predicted molar refractivity (Wildman–Crippen MR) is 205 cm³/mol. The molecule has 0 saturated carbocycles. The number of para-hydroxylation sites is 1. The molecule has 278 valence electrons. The maximum atomic E-state index is 13.5. The quantitative estimate of drug-likeness (QED) is 0.116. The number of nitrogens with zero attached hydrogens (tertiary/aromatic N) is 2. The first-order valence-electron chi connectivity index (χ1n) is 18.1. The fourth-order valence-electron chi connectivity index (χ4n) is 7.62. The molecule has 3 heterocycles. The molecule has 1 aromatic heterocycles. The number of hydrogen-bond acceptors (Lipinski definition) is 6. The smallest absolute Gasteiger partial charge is 0.335 e. The summed E-state index contributed by atoms with van der Waals surface area (Å²) in [4.78, 5) is 11.4. The van der Waals surface area contributed by atoms with Crippen LogP contribution < -0.4 is 9.46 Å². The Labute approximate surface area is 315 Å². The van der Waals surface area contributed by atoms with Gasteiger partial charge < -0.3 is 23.9 Å². The summed E-state index contributed by atoms with van der Waals surface area (Å²) in [5, 5.41) is 10.4. The Balaban J connectivity index is 1.16. The van der Waals surface area contributed by atoms with E-state index in [0.717, 1.165) is 33.3 Å². The molecule has 0 bridgehead atoms. The van der Waals surface area contributed by atoms with Crippen LogP contribution in [0.2, 0.25) is 0 Å². The number of aromatic nitrogens is 1. The molecule has 4 aromatic carbocycles. The number of piperidine rings is 1. The highest BCUT2D eigenvalue weighted by molar-refractivity contribution is 7.89. The van der Waals surface area contributed by atoms with Gasteiger partial charge in [-0.25, -0.2) is 21.9 Å². The van der Waals surface area contributed by atoms with E-state index in [2.05, 4.69) is 45.7 Å². The third-order valence-corrected chi connectivity index (χ3v) is 12.3. The molecule has 0 unspecified atom stereocenters. The van der Waals surface area contributed by atoms with Crippen LogP contribution in [0.5, 0.6) is 5.75 Å². The van der Waals surface area contributed by atoms with Crippen LogP contribution in [0.25, 0.3) is 10.9 Å². The van der Waals surface area contributed by atoms with Gasteiger partial charge in [0, 0.05) is 36.0 Å². The Kier molecular flexibility index (Phi) is 11.2. The van der Waals surface area contributed by atoms with E-state index in [0.29, 0.717) is 64.3 Å². The lowest BCUT2D eigenvalue weighted by Crippen LogP contribution is -2.54. The zero-order valence-corrected chi connectivity index (χ0v) is 31.1. The van der Waals surface area contributed by atoms with Gasteiger partial charge in [0.05, 0.1) is 44.3 Å². The highest BCUT2D eigenvalue weighted by Crippen LogP contribution is 2.38. The van der Waals surface area contributed by atoms with Crippen molar-refractivity contribution in [1.29, 1.82) is 0 Å². The number of carbonyl (C=O) groups is 1. The second kappa shape index (κ2) is 16.0. The number of sulfonamides is 1. The number of ether oxygens (including phenoxy) is 3. The minimum Gasteiger partial charge on any atom is -0.493 e. The molecular weight excluding hydrogens is 714 g/mol. The molecule has 0 aliphatic carbocycles. The van der Waals surface area contributed by atoms with E-state index in [1.165, 1.54) is 12.1 Å². The second-order valence-corrected chi connectivity index (χ2v) is 16.4. The third-order valence-electron chi connectivity index (χ3n) is 10.4. The van der Waals surface area contributed by atoms with E-state index in [4.69, 9.17) is 26.0 Å². The van der Waals surface area contributed by atoms with Crippen molar-refractivity contribution in [3.8, 4) is 5.75 Å². The number of likely N-dealkylation sites (tertiary alicyclic amines) is 1. The van der Waals surface area contributed by atoms with Crippen molar-refractivity contribution in [2.75, 3.05) is 51.8 Å². The van der Waals surface area contributed by atoms with Gasteiger partial charge in [0.15, 0.2) is 17.6 Å². The van der Waals surface area contributed by atoms with Crippen molar-refractivity contribution in [1.82, 2.24) is 9.29 Å². The van der Waals surface area contributed by atoms with Gasteiger partial charge >= 0.3 is 5.97 Å². The fraction of sp³-hybridized carbons (Fsp3) is 0.341. The topological polar surface area (TPSA) is 116 Å². The number of aromatic carboxylic acids is 1. The molecule has 2 saturated heterocycles. The number of nitrogens with one attached hydrogen (secondary N) is 1. The molecule has 1 spiro atoms. The maximum absolute atomic E-state index is 13.5. The average molecular weight is 759 g/mol. The SMILES string of the molecule is O=C(O)c1ccc(OCCc2c(CCNS(=O)(=O)CC[N+]3(Cl)CCC4(CC3)OCCO4)n(C(c3ccccc3)c3ccccc3)c3ccccc23)cc1. The summed E-state index contributed by atoms with van der Waals surface area (Å²) in [6.07, 6.45) is 2.26. The molecule has 2 N–H and O–H groups in total. The molecule has 7 rings (SSSR count). The van der Waals surface area contributed by atoms with Gasteiger partial charge in [-0.05, 0) is 47.0 Å². The summed E-state index contributed by atoms with van der Waals surface area (Å²) in [6.45, 7) is 3.13. The van der Waals surface area contributed by atoms with E-state index in [9.17, 15) is 18.3 Å². The number of halogens is 1. The first kappa shape index (κ1) is 37.1. The van der Waals surface area contributed by atoms with Crippen LogP contribution in [0.4, 0.5) is 0 Å². The largest absolute Gasteiger partial charge is 0.493 e. The third kappa shape index (κ3) is 8.62. The van der Waals surface area contributed by atoms with Crippen LogP contribution in [0, 0.1) is 0 Å². The zero-order valence-electron chi connectivity index (χ0n) is 29.5. The minimum atomic E-state index is -3.65. The number of quaternary nitrogens is 1. The summed E-state index contributed by atoms with van der Waals surface area (Å²) in [7, 11) is -3.65. The molecule has 10 nitrogen and oxygen atoms in total. The van der Waals surface area contributed by atoms with Gasteiger partial charge in [-0.1, -0.05) is 78.9 Å². The summed E-state index contributed by atoms with van der Waals surface area (Å²) < 4.78 is 50.1.